The van der Waals surface area contributed by atoms with Crippen LogP contribution in [0.1, 0.15) is 47.6 Å². The molecule has 1 amide bonds. The van der Waals surface area contributed by atoms with E-state index in [0.717, 1.165) is 11.8 Å². The third-order valence-corrected chi connectivity index (χ3v) is 3.81. The Morgan fingerprint density at radius 1 is 1.43 bits per heavy atom. The van der Waals surface area contributed by atoms with Gasteiger partial charge < -0.3 is 10.4 Å². The van der Waals surface area contributed by atoms with Gasteiger partial charge >= 0.3 is 0 Å². The summed E-state index contributed by atoms with van der Waals surface area (Å²) in [5, 5.41) is 16.9. The highest BCUT2D eigenvalue weighted by Crippen LogP contribution is 2.20. The van der Waals surface area contributed by atoms with Gasteiger partial charge in [-0.1, -0.05) is 31.5 Å². The van der Waals surface area contributed by atoms with Crippen molar-refractivity contribution in [3.8, 4) is 0 Å². The van der Waals surface area contributed by atoms with E-state index in [1.165, 1.54) is 16.8 Å². The molecule has 1 unspecified atom stereocenters. The van der Waals surface area contributed by atoms with Crippen LogP contribution in [0.4, 0.5) is 4.39 Å². The number of halogens is 2. The van der Waals surface area contributed by atoms with Crippen LogP contribution in [0.5, 0.6) is 0 Å². The molecular weight excluding hydrogens is 321 g/mol. The zero-order chi connectivity index (χ0) is 17.1. The van der Waals surface area contributed by atoms with E-state index in [9.17, 15) is 14.3 Å². The van der Waals surface area contributed by atoms with Crippen molar-refractivity contribution in [3.63, 3.8) is 0 Å². The Morgan fingerprint density at radius 3 is 2.70 bits per heavy atom. The molecule has 124 valence electrons. The van der Waals surface area contributed by atoms with Crippen molar-refractivity contribution in [2.45, 2.75) is 25.9 Å². The third kappa shape index (κ3) is 4.09. The second-order valence-electron chi connectivity index (χ2n) is 5.63. The zero-order valence-corrected chi connectivity index (χ0v) is 13.9. The lowest BCUT2D eigenvalue weighted by molar-refractivity contribution is 0.0907. The summed E-state index contributed by atoms with van der Waals surface area (Å²) < 4.78 is 14.9. The summed E-state index contributed by atoms with van der Waals surface area (Å²) in [6, 6.07) is 5.75. The van der Waals surface area contributed by atoms with Gasteiger partial charge in [0.25, 0.3) is 5.91 Å². The Labute approximate surface area is 139 Å². The standard InChI is InChI=1S/C16H19ClFN3O2/c1-9(2)13-7-14(21(3)20-13)16(23)19-8-15(22)10-4-5-11(17)12(18)6-10/h4-7,9,15,22H,8H2,1-3H3,(H,19,23). The van der Waals surface area contributed by atoms with Gasteiger partial charge in [0.05, 0.1) is 16.8 Å². The number of benzene rings is 1. The first-order chi connectivity index (χ1) is 10.8. The molecule has 0 radical (unpaired) electrons. The lowest BCUT2D eigenvalue weighted by atomic mass is 10.1. The Balaban J connectivity index is 2.02. The van der Waals surface area contributed by atoms with E-state index < -0.39 is 11.9 Å². The van der Waals surface area contributed by atoms with Crippen LogP contribution in [0, 0.1) is 5.82 Å². The highest BCUT2D eigenvalue weighted by molar-refractivity contribution is 6.30. The van der Waals surface area contributed by atoms with E-state index in [1.807, 2.05) is 13.8 Å². The quantitative estimate of drug-likeness (QED) is 0.880. The van der Waals surface area contributed by atoms with Crippen LogP contribution in [-0.4, -0.2) is 27.3 Å². The number of hydrogen-bond donors (Lipinski definition) is 2. The molecular formula is C16H19ClFN3O2. The molecule has 2 rings (SSSR count). The van der Waals surface area contributed by atoms with Crippen molar-refractivity contribution in [1.29, 1.82) is 0 Å². The third-order valence-electron chi connectivity index (χ3n) is 3.51. The highest BCUT2D eigenvalue weighted by atomic mass is 35.5. The molecule has 1 aromatic carbocycles. The first-order valence-electron chi connectivity index (χ1n) is 7.24. The summed E-state index contributed by atoms with van der Waals surface area (Å²) >= 11 is 5.60. The summed E-state index contributed by atoms with van der Waals surface area (Å²) in [4.78, 5) is 12.2. The second-order valence-corrected chi connectivity index (χ2v) is 6.04. The summed E-state index contributed by atoms with van der Waals surface area (Å²) in [6.07, 6.45) is -1.02. The van der Waals surface area contributed by atoms with Crippen molar-refractivity contribution in [1.82, 2.24) is 15.1 Å². The average Bonchev–Trinajstić information content (AvgIpc) is 2.89. The summed E-state index contributed by atoms with van der Waals surface area (Å²) in [5.74, 6) is -0.742. The van der Waals surface area contributed by atoms with Gasteiger partial charge in [-0.25, -0.2) is 4.39 Å². The smallest absolute Gasteiger partial charge is 0.269 e. The Kier molecular flexibility index (Phi) is 5.38. The minimum Gasteiger partial charge on any atom is -0.387 e. The van der Waals surface area contributed by atoms with Gasteiger partial charge in [0.1, 0.15) is 11.5 Å². The summed E-state index contributed by atoms with van der Waals surface area (Å²) in [6.45, 7) is 3.94. The van der Waals surface area contributed by atoms with Gasteiger partial charge in [-0.2, -0.15) is 5.10 Å². The van der Waals surface area contributed by atoms with Crippen LogP contribution < -0.4 is 5.32 Å². The van der Waals surface area contributed by atoms with Gasteiger partial charge in [-0.3, -0.25) is 9.48 Å². The number of aryl methyl sites for hydroxylation is 1. The largest absolute Gasteiger partial charge is 0.387 e. The number of hydrogen-bond acceptors (Lipinski definition) is 3. The Hall–Kier alpha value is -1.92. The fraction of sp³-hybridized carbons (Fsp3) is 0.375. The summed E-state index contributed by atoms with van der Waals surface area (Å²) in [5.41, 5.74) is 1.57. The normalized spacial score (nSPS) is 12.5. The molecule has 5 nitrogen and oxygen atoms in total. The average molecular weight is 340 g/mol. The number of rotatable bonds is 5. The maximum atomic E-state index is 13.4. The monoisotopic (exact) mass is 339 g/mol. The van der Waals surface area contributed by atoms with Gasteiger partial charge in [0, 0.05) is 13.6 Å². The summed E-state index contributed by atoms with van der Waals surface area (Å²) in [7, 11) is 1.69. The Morgan fingerprint density at radius 2 is 2.13 bits per heavy atom. The van der Waals surface area contributed by atoms with E-state index in [4.69, 9.17) is 11.6 Å². The molecule has 2 aromatic rings. The first-order valence-corrected chi connectivity index (χ1v) is 7.62. The van der Waals surface area contributed by atoms with Crippen molar-refractivity contribution in [2.75, 3.05) is 6.54 Å². The minimum absolute atomic E-state index is 0.0129. The van der Waals surface area contributed by atoms with Crippen molar-refractivity contribution in [2.24, 2.45) is 7.05 Å². The van der Waals surface area contributed by atoms with Crippen LogP contribution in [0.15, 0.2) is 24.3 Å². The molecule has 0 fully saturated rings. The van der Waals surface area contributed by atoms with Crippen molar-refractivity contribution in [3.05, 3.63) is 52.1 Å². The highest BCUT2D eigenvalue weighted by Gasteiger charge is 2.17. The van der Waals surface area contributed by atoms with Crippen molar-refractivity contribution >= 4 is 17.5 Å². The maximum absolute atomic E-state index is 13.4. The van der Waals surface area contributed by atoms with E-state index in [2.05, 4.69) is 10.4 Å². The predicted molar refractivity (Wildman–Crippen MR) is 86.0 cm³/mol. The fourth-order valence-electron chi connectivity index (χ4n) is 2.10. The number of aromatic nitrogens is 2. The molecule has 23 heavy (non-hydrogen) atoms. The molecule has 0 spiro atoms. The number of nitrogens with one attached hydrogen (secondary N) is 1. The second kappa shape index (κ2) is 7.10. The predicted octanol–water partition coefficient (Wildman–Crippen LogP) is 2.80. The lowest BCUT2D eigenvalue weighted by Crippen LogP contribution is -2.29. The van der Waals surface area contributed by atoms with Crippen LogP contribution in [0.2, 0.25) is 5.02 Å². The topological polar surface area (TPSA) is 67.2 Å². The van der Waals surface area contributed by atoms with Crippen LogP contribution >= 0.6 is 11.6 Å². The molecule has 2 N–H and O–H groups in total. The van der Waals surface area contributed by atoms with Gasteiger partial charge in [0.15, 0.2) is 0 Å². The molecule has 7 heteroatoms. The number of carbonyl (C=O) groups excluding carboxylic acids is 1. The molecule has 0 aliphatic heterocycles. The van der Waals surface area contributed by atoms with Gasteiger partial charge in [-0.15, -0.1) is 0 Å². The van der Waals surface area contributed by atoms with E-state index in [-0.39, 0.29) is 23.4 Å². The molecule has 1 atom stereocenters. The Bertz CT molecular complexity index is 715. The van der Waals surface area contributed by atoms with Crippen LogP contribution in [0.3, 0.4) is 0 Å². The van der Waals surface area contributed by atoms with Gasteiger partial charge in [0.2, 0.25) is 0 Å². The zero-order valence-electron chi connectivity index (χ0n) is 13.2. The van der Waals surface area contributed by atoms with Crippen molar-refractivity contribution < 1.29 is 14.3 Å². The number of aliphatic hydroxyl groups excluding tert-OH is 1. The number of aliphatic hydroxyl groups is 1. The van der Waals surface area contributed by atoms with E-state index in [1.54, 1.807) is 13.1 Å². The SMILES string of the molecule is CC(C)c1cc(C(=O)NCC(O)c2ccc(Cl)c(F)c2)n(C)n1. The molecule has 0 aliphatic rings. The first kappa shape index (κ1) is 17.4. The molecule has 0 saturated heterocycles. The molecule has 0 aliphatic carbocycles. The molecule has 0 bridgehead atoms. The van der Waals surface area contributed by atoms with Crippen LogP contribution in [-0.2, 0) is 7.05 Å². The fourth-order valence-corrected chi connectivity index (χ4v) is 2.22. The molecule has 1 aromatic heterocycles. The van der Waals surface area contributed by atoms with E-state index >= 15 is 0 Å². The lowest BCUT2D eigenvalue weighted by Gasteiger charge is -2.12. The number of carbonyl (C=O) groups is 1. The maximum Gasteiger partial charge on any atom is 0.269 e. The van der Waals surface area contributed by atoms with E-state index in [0.29, 0.717) is 11.3 Å². The molecule has 0 saturated carbocycles. The molecule has 1 heterocycles. The van der Waals surface area contributed by atoms with Gasteiger partial charge in [-0.05, 0) is 29.7 Å². The minimum atomic E-state index is -1.02. The number of nitrogens with zero attached hydrogens (tertiary/aromatic N) is 2. The number of amides is 1. The van der Waals surface area contributed by atoms with Crippen LogP contribution in [0.25, 0.3) is 0 Å².